The number of nitrogens with zero attached hydrogens (tertiary/aromatic N) is 1. The molecule has 0 saturated carbocycles. The van der Waals surface area contributed by atoms with Gasteiger partial charge in [0.15, 0.2) is 0 Å². The van der Waals surface area contributed by atoms with E-state index >= 15 is 0 Å². The summed E-state index contributed by atoms with van der Waals surface area (Å²) in [6.45, 7) is 9.33. The van der Waals surface area contributed by atoms with Gasteiger partial charge >= 0.3 is 0 Å². The van der Waals surface area contributed by atoms with Crippen LogP contribution in [0.15, 0.2) is 164 Å². The first-order valence-electron chi connectivity index (χ1n) is 19.1. The quantitative estimate of drug-likeness (QED) is 0.163. The van der Waals surface area contributed by atoms with Gasteiger partial charge in [-0.1, -0.05) is 141 Å². The van der Waals surface area contributed by atoms with Crippen LogP contribution in [-0.2, 0) is 5.41 Å². The zero-order chi connectivity index (χ0) is 36.3. The van der Waals surface area contributed by atoms with E-state index in [1.54, 1.807) is 0 Å². The lowest BCUT2D eigenvalue weighted by Crippen LogP contribution is -2.15. The Hall–Kier alpha value is -6.44. The van der Waals surface area contributed by atoms with Crippen molar-refractivity contribution in [2.24, 2.45) is 0 Å². The van der Waals surface area contributed by atoms with Crippen LogP contribution < -0.4 is 0 Å². The summed E-state index contributed by atoms with van der Waals surface area (Å²) < 4.78 is 2.47. The van der Waals surface area contributed by atoms with Crippen LogP contribution in [0.25, 0.3) is 93.2 Å². The summed E-state index contributed by atoms with van der Waals surface area (Å²) in [6.07, 6.45) is 0. The molecule has 1 aliphatic rings. The summed E-state index contributed by atoms with van der Waals surface area (Å²) in [5.41, 5.74) is 16.8. The third-order valence-corrected chi connectivity index (χ3v) is 12.4. The number of hydrogen-bond donors (Lipinski definition) is 0. The molecule has 1 aliphatic carbocycles. The predicted octanol–water partition coefficient (Wildman–Crippen LogP) is 14.5. The van der Waals surface area contributed by atoms with Crippen molar-refractivity contribution in [2.75, 3.05) is 0 Å². The molecular weight excluding hydrogens is 651 g/mol. The first-order valence-corrected chi connectivity index (χ1v) is 19.1. The van der Waals surface area contributed by atoms with Crippen molar-refractivity contribution in [3.8, 4) is 39.1 Å². The van der Waals surface area contributed by atoms with Gasteiger partial charge in [-0.05, 0) is 138 Å². The van der Waals surface area contributed by atoms with E-state index in [-0.39, 0.29) is 5.41 Å². The Labute approximate surface area is 315 Å². The Morgan fingerprint density at radius 3 is 1.69 bits per heavy atom. The molecule has 1 nitrogen and oxygen atoms in total. The number of hydrogen-bond acceptors (Lipinski definition) is 0. The minimum Gasteiger partial charge on any atom is -0.309 e. The first-order chi connectivity index (χ1) is 26.4. The molecule has 0 fully saturated rings. The van der Waals surface area contributed by atoms with Gasteiger partial charge in [-0.15, -0.1) is 0 Å². The average Bonchev–Trinajstić information content (AvgIpc) is 3.65. The minimum absolute atomic E-state index is 0.167. The van der Waals surface area contributed by atoms with Crippen molar-refractivity contribution in [2.45, 2.75) is 33.1 Å². The molecule has 256 valence electrons. The molecular formula is C53H39N. The standard InChI is InChI=1S/C53H39N/c1-32-13-5-6-14-37(32)45-31-48-47(29-33(45)2)43-27-28-50-51(52(43)53(48,3)4)44-19-11-12-20-49(44)54(50)36-24-21-34(22-25-36)35-23-26-42-40-17-8-7-15-38(40)39-16-9-10-18-41(39)46(42)30-35/h5-31H,1-4H3. The molecule has 0 aliphatic heterocycles. The zero-order valence-electron chi connectivity index (χ0n) is 31.0. The molecule has 0 atom stereocenters. The largest absolute Gasteiger partial charge is 0.309 e. The van der Waals surface area contributed by atoms with E-state index in [0.29, 0.717) is 0 Å². The molecule has 0 saturated heterocycles. The SMILES string of the molecule is Cc1ccccc1-c1cc2c(cc1C)-c1ccc3c(c1C2(C)C)c1ccccc1n3-c1ccc(-c2ccc3c4ccccc4c4ccccc4c3c2)cc1. The summed E-state index contributed by atoms with van der Waals surface area (Å²) in [5, 5.41) is 10.5. The van der Waals surface area contributed by atoms with Crippen LogP contribution in [0.1, 0.15) is 36.1 Å². The highest BCUT2D eigenvalue weighted by Gasteiger charge is 2.39. The maximum absolute atomic E-state index is 2.48. The monoisotopic (exact) mass is 689 g/mol. The molecule has 10 aromatic rings. The maximum atomic E-state index is 2.48. The van der Waals surface area contributed by atoms with E-state index in [4.69, 9.17) is 0 Å². The Kier molecular flexibility index (Phi) is 6.50. The summed E-state index contributed by atoms with van der Waals surface area (Å²) >= 11 is 0. The Balaban J connectivity index is 1.06. The van der Waals surface area contributed by atoms with E-state index in [2.05, 4.69) is 196 Å². The highest BCUT2D eigenvalue weighted by molar-refractivity contribution is 6.25. The van der Waals surface area contributed by atoms with Gasteiger partial charge in [0.05, 0.1) is 11.0 Å². The average molecular weight is 690 g/mol. The fraction of sp³-hybridized carbons (Fsp3) is 0.0943. The molecule has 0 N–H and O–H groups in total. The minimum atomic E-state index is -0.167. The predicted molar refractivity (Wildman–Crippen MR) is 231 cm³/mol. The smallest absolute Gasteiger partial charge is 0.0544 e. The molecule has 0 unspecified atom stereocenters. The second-order valence-corrected chi connectivity index (χ2v) is 15.8. The molecule has 0 bridgehead atoms. The van der Waals surface area contributed by atoms with E-state index in [1.165, 1.54) is 115 Å². The van der Waals surface area contributed by atoms with Crippen LogP contribution in [0, 0.1) is 13.8 Å². The van der Waals surface area contributed by atoms with Crippen molar-refractivity contribution >= 4 is 54.1 Å². The molecule has 54 heavy (non-hydrogen) atoms. The second-order valence-electron chi connectivity index (χ2n) is 15.8. The molecule has 0 radical (unpaired) electrons. The maximum Gasteiger partial charge on any atom is 0.0544 e. The molecule has 1 heterocycles. The van der Waals surface area contributed by atoms with Crippen LogP contribution in [0.2, 0.25) is 0 Å². The van der Waals surface area contributed by atoms with Crippen molar-refractivity contribution in [3.05, 3.63) is 186 Å². The van der Waals surface area contributed by atoms with Gasteiger partial charge in [0.1, 0.15) is 0 Å². The first kappa shape index (κ1) is 31.1. The number of aryl methyl sites for hydroxylation is 2. The van der Waals surface area contributed by atoms with Crippen LogP contribution in [0.3, 0.4) is 0 Å². The van der Waals surface area contributed by atoms with Gasteiger partial charge < -0.3 is 4.57 Å². The third kappa shape index (κ3) is 4.27. The van der Waals surface area contributed by atoms with Gasteiger partial charge in [0, 0.05) is 21.9 Å². The van der Waals surface area contributed by atoms with Crippen molar-refractivity contribution in [1.29, 1.82) is 0 Å². The number of para-hydroxylation sites is 1. The number of aromatic nitrogens is 1. The van der Waals surface area contributed by atoms with E-state index in [9.17, 15) is 0 Å². The Bertz CT molecular complexity index is 3150. The molecule has 0 spiro atoms. The molecule has 0 amide bonds. The number of fused-ring (bicyclic) bond motifs is 13. The Morgan fingerprint density at radius 2 is 0.981 bits per heavy atom. The van der Waals surface area contributed by atoms with E-state index in [0.717, 1.165) is 0 Å². The van der Waals surface area contributed by atoms with Gasteiger partial charge in [0.2, 0.25) is 0 Å². The van der Waals surface area contributed by atoms with Gasteiger partial charge in [0.25, 0.3) is 0 Å². The van der Waals surface area contributed by atoms with Crippen LogP contribution in [0.5, 0.6) is 0 Å². The summed E-state index contributed by atoms with van der Waals surface area (Å²) in [5.74, 6) is 0. The van der Waals surface area contributed by atoms with Gasteiger partial charge in [-0.2, -0.15) is 0 Å². The highest BCUT2D eigenvalue weighted by atomic mass is 15.0. The summed E-state index contributed by atoms with van der Waals surface area (Å²) in [7, 11) is 0. The number of rotatable bonds is 3. The van der Waals surface area contributed by atoms with Crippen LogP contribution >= 0.6 is 0 Å². The van der Waals surface area contributed by atoms with Crippen molar-refractivity contribution < 1.29 is 0 Å². The van der Waals surface area contributed by atoms with Crippen LogP contribution in [0.4, 0.5) is 0 Å². The lowest BCUT2D eigenvalue weighted by atomic mass is 9.79. The van der Waals surface area contributed by atoms with E-state index < -0.39 is 0 Å². The third-order valence-electron chi connectivity index (χ3n) is 12.4. The molecule has 11 rings (SSSR count). The van der Waals surface area contributed by atoms with E-state index in [1.807, 2.05) is 0 Å². The lowest BCUT2D eigenvalue weighted by molar-refractivity contribution is 0.666. The number of benzene rings is 9. The van der Waals surface area contributed by atoms with Crippen molar-refractivity contribution in [1.82, 2.24) is 4.57 Å². The van der Waals surface area contributed by atoms with Crippen LogP contribution in [-0.4, -0.2) is 4.57 Å². The summed E-state index contributed by atoms with van der Waals surface area (Å²) in [4.78, 5) is 0. The zero-order valence-corrected chi connectivity index (χ0v) is 31.0. The highest BCUT2D eigenvalue weighted by Crippen LogP contribution is 2.54. The van der Waals surface area contributed by atoms with Gasteiger partial charge in [-0.3, -0.25) is 0 Å². The summed E-state index contributed by atoms with van der Waals surface area (Å²) in [6, 6.07) is 61.2. The fourth-order valence-electron chi connectivity index (χ4n) is 9.85. The fourth-order valence-corrected chi connectivity index (χ4v) is 9.85. The van der Waals surface area contributed by atoms with Gasteiger partial charge in [-0.25, -0.2) is 0 Å². The van der Waals surface area contributed by atoms with Crippen molar-refractivity contribution in [3.63, 3.8) is 0 Å². The Morgan fingerprint density at radius 1 is 0.389 bits per heavy atom. The normalized spacial score (nSPS) is 13.3. The molecule has 1 heteroatoms. The topological polar surface area (TPSA) is 4.93 Å². The molecule has 1 aromatic heterocycles. The lowest BCUT2D eigenvalue weighted by Gasteiger charge is -2.24. The second kappa shape index (κ2) is 11.3. The molecule has 9 aromatic carbocycles.